The van der Waals surface area contributed by atoms with Crippen molar-refractivity contribution >= 4 is 29.9 Å². The second-order valence-corrected chi connectivity index (χ2v) is 7.07. The fourth-order valence-corrected chi connectivity index (χ4v) is 2.44. The van der Waals surface area contributed by atoms with Gasteiger partial charge in [0.15, 0.2) is 17.5 Å². The quantitative estimate of drug-likeness (QED) is 0.350. The number of hydrogen-bond donors (Lipinski definition) is 2. The highest BCUT2D eigenvalue weighted by Crippen LogP contribution is 2.23. The summed E-state index contributed by atoms with van der Waals surface area (Å²) < 4.78 is 24.4. The summed E-state index contributed by atoms with van der Waals surface area (Å²) in [7, 11) is 3.16. The summed E-state index contributed by atoms with van der Waals surface area (Å²) in [5.41, 5.74) is 0.823. The van der Waals surface area contributed by atoms with Gasteiger partial charge in [0.1, 0.15) is 0 Å². The number of hydrogen-bond acceptors (Lipinski definition) is 3. The van der Waals surface area contributed by atoms with Gasteiger partial charge in [-0.05, 0) is 37.0 Å². The van der Waals surface area contributed by atoms with Crippen LogP contribution in [0.2, 0.25) is 0 Å². The van der Waals surface area contributed by atoms with E-state index in [1.165, 1.54) is 13.2 Å². The van der Waals surface area contributed by atoms with Gasteiger partial charge in [0.25, 0.3) is 0 Å². The van der Waals surface area contributed by atoms with Gasteiger partial charge in [-0.3, -0.25) is 4.99 Å². The number of ether oxygens (including phenoxy) is 2. The molecule has 0 aromatic heterocycles. The summed E-state index contributed by atoms with van der Waals surface area (Å²) in [5.74, 6) is 0.546. The molecule has 0 amide bonds. The zero-order valence-corrected chi connectivity index (χ0v) is 19.2. The average molecular weight is 481 g/mol. The molecule has 0 radical (unpaired) electrons. The normalized spacial score (nSPS) is 14.2. The minimum absolute atomic E-state index is 0. The third-order valence-corrected chi connectivity index (χ3v) is 4.04. The van der Waals surface area contributed by atoms with E-state index in [9.17, 15) is 4.39 Å². The molecular formula is C19H33FIN3O2. The number of methoxy groups -OCH3 is 2. The van der Waals surface area contributed by atoms with Crippen LogP contribution in [0.3, 0.4) is 0 Å². The van der Waals surface area contributed by atoms with Gasteiger partial charge in [0.05, 0.1) is 25.8 Å². The second-order valence-electron chi connectivity index (χ2n) is 7.07. The monoisotopic (exact) mass is 481 g/mol. The molecule has 0 saturated heterocycles. The molecule has 0 spiro atoms. The highest BCUT2D eigenvalue weighted by molar-refractivity contribution is 14.0. The third kappa shape index (κ3) is 7.65. The van der Waals surface area contributed by atoms with E-state index in [1.807, 2.05) is 19.9 Å². The fourth-order valence-electron chi connectivity index (χ4n) is 2.44. The van der Waals surface area contributed by atoms with Crippen molar-refractivity contribution in [1.29, 1.82) is 0 Å². The van der Waals surface area contributed by atoms with E-state index in [-0.39, 0.29) is 53.1 Å². The van der Waals surface area contributed by atoms with Gasteiger partial charge in [-0.25, -0.2) is 4.39 Å². The van der Waals surface area contributed by atoms with Gasteiger partial charge in [-0.15, -0.1) is 24.0 Å². The number of nitrogens with one attached hydrogen (secondary N) is 2. The molecule has 26 heavy (non-hydrogen) atoms. The number of benzene rings is 1. The van der Waals surface area contributed by atoms with Crippen molar-refractivity contribution in [2.24, 2.45) is 10.4 Å². The highest BCUT2D eigenvalue weighted by atomic mass is 127. The maximum absolute atomic E-state index is 13.9. The second kappa shape index (κ2) is 11.6. The Bertz CT molecular complexity index is 576. The lowest BCUT2D eigenvalue weighted by molar-refractivity contribution is 0.0241. The Morgan fingerprint density at radius 3 is 2.38 bits per heavy atom. The summed E-state index contributed by atoms with van der Waals surface area (Å²) >= 11 is 0. The van der Waals surface area contributed by atoms with Crippen molar-refractivity contribution in [3.8, 4) is 5.75 Å². The van der Waals surface area contributed by atoms with E-state index < -0.39 is 0 Å². The minimum atomic E-state index is -0.372. The summed E-state index contributed by atoms with van der Waals surface area (Å²) in [6.45, 7) is 11.6. The van der Waals surface area contributed by atoms with Crippen LogP contribution in [0, 0.1) is 11.2 Å². The summed E-state index contributed by atoms with van der Waals surface area (Å²) in [6.07, 6.45) is 0.0108. The minimum Gasteiger partial charge on any atom is -0.494 e. The lowest BCUT2D eigenvalue weighted by Gasteiger charge is -2.28. The number of nitrogens with zero attached hydrogens (tertiary/aromatic N) is 1. The van der Waals surface area contributed by atoms with Gasteiger partial charge < -0.3 is 20.1 Å². The molecule has 2 atom stereocenters. The molecule has 2 N–H and O–H groups in total. The Balaban J connectivity index is 0.00000625. The first kappa shape index (κ1) is 24.9. The topological polar surface area (TPSA) is 54.9 Å². The summed E-state index contributed by atoms with van der Waals surface area (Å²) in [5, 5.41) is 6.52. The predicted molar refractivity (Wildman–Crippen MR) is 116 cm³/mol. The fraction of sp³-hybridized carbons (Fsp3) is 0.632. The Morgan fingerprint density at radius 2 is 1.92 bits per heavy atom. The van der Waals surface area contributed by atoms with E-state index in [4.69, 9.17) is 9.47 Å². The van der Waals surface area contributed by atoms with Gasteiger partial charge >= 0.3 is 0 Å². The Kier molecular flexibility index (Phi) is 11.1. The molecular weight excluding hydrogens is 448 g/mol. The first-order chi connectivity index (χ1) is 11.7. The van der Waals surface area contributed by atoms with E-state index in [0.29, 0.717) is 12.5 Å². The molecule has 1 aromatic carbocycles. The Hall–Kier alpha value is -1.09. The Labute approximate surface area is 174 Å². The SMILES string of the molecule is CCNC(=NCC(OC)C(C)(C)C)NC(C)c1ccc(OC)c(F)c1.I. The van der Waals surface area contributed by atoms with Crippen LogP contribution in [0.5, 0.6) is 5.75 Å². The average Bonchev–Trinajstić information content (AvgIpc) is 2.54. The van der Waals surface area contributed by atoms with Crippen LogP contribution in [0.4, 0.5) is 4.39 Å². The molecule has 7 heteroatoms. The summed E-state index contributed by atoms with van der Waals surface area (Å²) in [4.78, 5) is 4.62. The number of halogens is 2. The smallest absolute Gasteiger partial charge is 0.191 e. The molecule has 0 saturated carbocycles. The molecule has 0 fully saturated rings. The van der Waals surface area contributed by atoms with Gasteiger partial charge in [-0.2, -0.15) is 0 Å². The van der Waals surface area contributed by atoms with E-state index in [2.05, 4.69) is 36.4 Å². The van der Waals surface area contributed by atoms with Crippen molar-refractivity contribution in [1.82, 2.24) is 10.6 Å². The van der Waals surface area contributed by atoms with Gasteiger partial charge in [0.2, 0.25) is 0 Å². The van der Waals surface area contributed by atoms with Crippen LogP contribution in [-0.2, 0) is 4.74 Å². The zero-order chi connectivity index (χ0) is 19.0. The summed E-state index contributed by atoms with van der Waals surface area (Å²) in [6, 6.07) is 4.85. The number of aliphatic imine (C=N–C) groups is 1. The van der Waals surface area contributed by atoms with Gasteiger partial charge in [-0.1, -0.05) is 26.8 Å². The molecule has 2 unspecified atom stereocenters. The standard InChI is InChI=1S/C19H32FN3O2.HI/c1-8-21-18(22-12-17(25-7)19(3,4)5)23-13(2)14-9-10-16(24-6)15(20)11-14;/h9-11,13,17H,8,12H2,1-7H3,(H2,21,22,23);1H. The first-order valence-corrected chi connectivity index (χ1v) is 8.64. The molecule has 0 aliphatic heterocycles. The van der Waals surface area contributed by atoms with Crippen LogP contribution in [0.15, 0.2) is 23.2 Å². The molecule has 0 heterocycles. The molecule has 1 aromatic rings. The van der Waals surface area contributed by atoms with E-state index >= 15 is 0 Å². The largest absolute Gasteiger partial charge is 0.494 e. The molecule has 5 nitrogen and oxygen atoms in total. The van der Waals surface area contributed by atoms with Gasteiger partial charge in [0, 0.05) is 13.7 Å². The predicted octanol–water partition coefficient (Wildman–Crippen LogP) is 4.13. The van der Waals surface area contributed by atoms with Crippen LogP contribution in [0.1, 0.15) is 46.2 Å². The van der Waals surface area contributed by atoms with Crippen molar-refractivity contribution in [2.45, 2.75) is 46.8 Å². The molecule has 0 aliphatic carbocycles. The molecule has 0 aliphatic rings. The van der Waals surface area contributed by atoms with Crippen molar-refractivity contribution in [2.75, 3.05) is 27.3 Å². The van der Waals surface area contributed by atoms with Crippen LogP contribution in [-0.4, -0.2) is 39.4 Å². The number of rotatable bonds is 7. The lowest BCUT2D eigenvalue weighted by Crippen LogP contribution is -2.40. The Morgan fingerprint density at radius 1 is 1.27 bits per heavy atom. The highest BCUT2D eigenvalue weighted by Gasteiger charge is 2.24. The van der Waals surface area contributed by atoms with Crippen molar-refractivity contribution in [3.63, 3.8) is 0 Å². The maximum atomic E-state index is 13.9. The zero-order valence-electron chi connectivity index (χ0n) is 16.9. The van der Waals surface area contributed by atoms with Crippen molar-refractivity contribution in [3.05, 3.63) is 29.6 Å². The van der Waals surface area contributed by atoms with E-state index in [1.54, 1.807) is 13.2 Å². The van der Waals surface area contributed by atoms with E-state index in [0.717, 1.165) is 12.1 Å². The molecule has 1 rings (SSSR count). The first-order valence-electron chi connectivity index (χ1n) is 8.64. The lowest BCUT2D eigenvalue weighted by atomic mass is 9.89. The maximum Gasteiger partial charge on any atom is 0.191 e. The molecule has 150 valence electrons. The number of guanidine groups is 1. The van der Waals surface area contributed by atoms with Crippen LogP contribution >= 0.6 is 24.0 Å². The van der Waals surface area contributed by atoms with Crippen LogP contribution in [0.25, 0.3) is 0 Å². The third-order valence-electron chi connectivity index (χ3n) is 4.04. The van der Waals surface area contributed by atoms with Crippen molar-refractivity contribution < 1.29 is 13.9 Å². The van der Waals surface area contributed by atoms with Crippen LogP contribution < -0.4 is 15.4 Å². The molecule has 0 bridgehead atoms.